The number of anilines is 1. The molecule has 0 radical (unpaired) electrons. The fraction of sp³-hybridized carbons (Fsp3) is 0.522. The summed E-state index contributed by atoms with van der Waals surface area (Å²) in [6.45, 7) is 0. The Hall–Kier alpha value is -3.21. The van der Waals surface area contributed by atoms with Crippen LogP contribution in [0.25, 0.3) is 0 Å². The van der Waals surface area contributed by atoms with Crippen LogP contribution in [-0.4, -0.2) is 38.9 Å². The maximum Gasteiger partial charge on any atom is 0.292 e. The Kier molecular flexibility index (Phi) is 6.60. The average molecular weight is 422 g/mol. The number of carbonyl (C=O) groups is 2. The normalized spacial score (nSPS) is 17.6. The van der Waals surface area contributed by atoms with E-state index in [1.165, 1.54) is 31.2 Å². The summed E-state index contributed by atoms with van der Waals surface area (Å²) >= 11 is 0. The fourth-order valence-corrected chi connectivity index (χ4v) is 4.69. The molecule has 0 aromatic carbocycles. The molecule has 2 fully saturated rings. The molecule has 0 spiro atoms. The van der Waals surface area contributed by atoms with Gasteiger partial charge in [-0.3, -0.25) is 9.59 Å². The molecule has 8 nitrogen and oxygen atoms in total. The van der Waals surface area contributed by atoms with Gasteiger partial charge in [-0.25, -0.2) is 4.98 Å². The molecule has 0 atom stereocenters. The topological polar surface area (TPSA) is 112 Å². The van der Waals surface area contributed by atoms with E-state index in [2.05, 4.69) is 15.5 Å². The van der Waals surface area contributed by atoms with Gasteiger partial charge < -0.3 is 14.7 Å². The van der Waals surface area contributed by atoms with Crippen molar-refractivity contribution in [2.24, 2.45) is 0 Å². The van der Waals surface area contributed by atoms with E-state index < -0.39 is 5.91 Å². The van der Waals surface area contributed by atoms with E-state index in [0.29, 0.717) is 5.69 Å². The molecule has 2 aromatic rings. The highest BCUT2D eigenvalue weighted by Gasteiger charge is 2.35. The highest BCUT2D eigenvalue weighted by Crippen LogP contribution is 2.31. The number of hydrogen-bond acceptors (Lipinski definition) is 6. The Labute approximate surface area is 181 Å². The SMILES string of the molecule is N#Cc1ccc(NC(=O)c2cc(C(=O)N(C3CCCCC3)C3CCCCC3)on2)cn1. The Bertz CT molecular complexity index is 932. The van der Waals surface area contributed by atoms with Gasteiger partial charge >= 0.3 is 0 Å². The van der Waals surface area contributed by atoms with Gasteiger partial charge in [0.2, 0.25) is 5.76 Å². The van der Waals surface area contributed by atoms with Crippen molar-refractivity contribution >= 4 is 17.5 Å². The highest BCUT2D eigenvalue weighted by molar-refractivity contribution is 6.04. The van der Waals surface area contributed by atoms with Crippen LogP contribution in [-0.2, 0) is 0 Å². The molecular formula is C23H27N5O3. The first-order valence-electron chi connectivity index (χ1n) is 11.1. The van der Waals surface area contributed by atoms with Gasteiger partial charge in [0.25, 0.3) is 11.8 Å². The first kappa shape index (κ1) is 21.0. The van der Waals surface area contributed by atoms with Crippen molar-refractivity contribution in [1.82, 2.24) is 15.0 Å². The quantitative estimate of drug-likeness (QED) is 0.770. The van der Waals surface area contributed by atoms with Crippen LogP contribution < -0.4 is 5.32 Å². The zero-order valence-electron chi connectivity index (χ0n) is 17.5. The van der Waals surface area contributed by atoms with Gasteiger partial charge in [-0.2, -0.15) is 5.26 Å². The van der Waals surface area contributed by atoms with Crippen LogP contribution in [0.4, 0.5) is 5.69 Å². The zero-order chi connectivity index (χ0) is 21.6. The van der Waals surface area contributed by atoms with Crippen LogP contribution in [0.5, 0.6) is 0 Å². The third-order valence-corrected chi connectivity index (χ3v) is 6.26. The van der Waals surface area contributed by atoms with Crippen LogP contribution in [0.1, 0.15) is 90.9 Å². The van der Waals surface area contributed by atoms with E-state index in [0.717, 1.165) is 51.4 Å². The van der Waals surface area contributed by atoms with Gasteiger partial charge in [0.05, 0.1) is 11.9 Å². The number of carbonyl (C=O) groups excluding carboxylic acids is 2. The lowest BCUT2D eigenvalue weighted by Crippen LogP contribution is -2.48. The molecule has 2 aromatic heterocycles. The summed E-state index contributed by atoms with van der Waals surface area (Å²) in [7, 11) is 0. The number of nitriles is 1. The second-order valence-electron chi connectivity index (χ2n) is 8.37. The van der Waals surface area contributed by atoms with Crippen molar-refractivity contribution in [2.75, 3.05) is 5.32 Å². The number of pyridine rings is 1. The molecule has 4 rings (SSSR count). The molecule has 0 bridgehead atoms. The molecule has 2 heterocycles. The summed E-state index contributed by atoms with van der Waals surface area (Å²) in [5, 5.41) is 15.3. The van der Waals surface area contributed by atoms with Crippen molar-refractivity contribution in [1.29, 1.82) is 5.26 Å². The second-order valence-corrected chi connectivity index (χ2v) is 8.37. The summed E-state index contributed by atoms with van der Waals surface area (Å²) < 4.78 is 5.32. The minimum atomic E-state index is -0.490. The molecule has 2 aliphatic rings. The van der Waals surface area contributed by atoms with Gasteiger partial charge in [0, 0.05) is 18.2 Å². The van der Waals surface area contributed by atoms with E-state index in [-0.39, 0.29) is 35.1 Å². The minimum absolute atomic E-state index is 0.0416. The van der Waals surface area contributed by atoms with E-state index in [1.54, 1.807) is 6.07 Å². The van der Waals surface area contributed by atoms with Crippen molar-refractivity contribution in [3.63, 3.8) is 0 Å². The third kappa shape index (κ3) is 4.93. The van der Waals surface area contributed by atoms with Crippen LogP contribution in [0.2, 0.25) is 0 Å². The zero-order valence-corrected chi connectivity index (χ0v) is 17.5. The van der Waals surface area contributed by atoms with Crippen LogP contribution in [0.15, 0.2) is 28.9 Å². The number of nitrogens with zero attached hydrogens (tertiary/aromatic N) is 4. The monoisotopic (exact) mass is 421 g/mol. The second kappa shape index (κ2) is 9.73. The molecule has 31 heavy (non-hydrogen) atoms. The average Bonchev–Trinajstić information content (AvgIpc) is 3.32. The molecular weight excluding hydrogens is 394 g/mol. The van der Waals surface area contributed by atoms with Gasteiger partial charge in [-0.15, -0.1) is 0 Å². The molecule has 0 unspecified atom stereocenters. The third-order valence-electron chi connectivity index (χ3n) is 6.26. The summed E-state index contributed by atoms with van der Waals surface area (Å²) in [5.74, 6) is -0.541. The summed E-state index contributed by atoms with van der Waals surface area (Å²) in [6.07, 6.45) is 12.5. The number of nitrogens with one attached hydrogen (secondary N) is 1. The predicted octanol–water partition coefficient (Wildman–Crippen LogP) is 4.30. The molecule has 0 saturated heterocycles. The first-order valence-corrected chi connectivity index (χ1v) is 11.1. The van der Waals surface area contributed by atoms with E-state index in [9.17, 15) is 9.59 Å². The van der Waals surface area contributed by atoms with Crippen molar-refractivity contribution in [3.05, 3.63) is 41.5 Å². The minimum Gasteiger partial charge on any atom is -0.350 e. The number of hydrogen-bond donors (Lipinski definition) is 1. The van der Waals surface area contributed by atoms with Crippen molar-refractivity contribution in [2.45, 2.75) is 76.3 Å². The van der Waals surface area contributed by atoms with E-state index >= 15 is 0 Å². The van der Waals surface area contributed by atoms with Gasteiger partial charge in [0.15, 0.2) is 5.69 Å². The number of amides is 2. The van der Waals surface area contributed by atoms with Crippen LogP contribution in [0.3, 0.4) is 0 Å². The van der Waals surface area contributed by atoms with Crippen LogP contribution >= 0.6 is 0 Å². The molecule has 2 amide bonds. The highest BCUT2D eigenvalue weighted by atomic mass is 16.5. The predicted molar refractivity (Wildman–Crippen MR) is 113 cm³/mol. The van der Waals surface area contributed by atoms with Crippen LogP contribution in [0, 0.1) is 11.3 Å². The Morgan fingerprint density at radius 3 is 2.23 bits per heavy atom. The molecule has 162 valence electrons. The fourth-order valence-electron chi connectivity index (χ4n) is 4.69. The number of rotatable bonds is 5. The standard InChI is InChI=1S/C23H27N5O3/c24-14-16-11-12-17(15-25-16)26-22(29)20-13-21(31-27-20)23(30)28(18-7-3-1-4-8-18)19-9-5-2-6-10-19/h11-13,15,18-19H,1-10H2,(H,26,29). The van der Waals surface area contributed by atoms with Crippen molar-refractivity contribution in [3.8, 4) is 6.07 Å². The first-order chi connectivity index (χ1) is 15.2. The van der Waals surface area contributed by atoms with Gasteiger partial charge in [-0.05, 0) is 37.8 Å². The Morgan fingerprint density at radius 2 is 1.68 bits per heavy atom. The molecule has 2 aliphatic carbocycles. The molecule has 1 N–H and O–H groups in total. The molecule has 8 heteroatoms. The Morgan fingerprint density at radius 1 is 1.03 bits per heavy atom. The summed E-state index contributed by atoms with van der Waals surface area (Å²) in [5.41, 5.74) is 0.740. The summed E-state index contributed by atoms with van der Waals surface area (Å²) in [6, 6.07) is 6.92. The van der Waals surface area contributed by atoms with Crippen molar-refractivity contribution < 1.29 is 14.1 Å². The van der Waals surface area contributed by atoms with E-state index in [1.807, 2.05) is 11.0 Å². The lowest BCUT2D eigenvalue weighted by Gasteiger charge is -2.41. The lowest BCUT2D eigenvalue weighted by molar-refractivity contribution is 0.0408. The smallest absolute Gasteiger partial charge is 0.292 e. The summed E-state index contributed by atoms with van der Waals surface area (Å²) in [4.78, 5) is 31.9. The maximum absolute atomic E-state index is 13.4. The lowest BCUT2D eigenvalue weighted by atomic mass is 9.88. The maximum atomic E-state index is 13.4. The Balaban J connectivity index is 1.49. The van der Waals surface area contributed by atoms with Gasteiger partial charge in [-0.1, -0.05) is 43.7 Å². The van der Waals surface area contributed by atoms with Gasteiger partial charge in [0.1, 0.15) is 11.8 Å². The largest absolute Gasteiger partial charge is 0.350 e. The number of aromatic nitrogens is 2. The molecule has 0 aliphatic heterocycles. The molecule has 2 saturated carbocycles. The van der Waals surface area contributed by atoms with E-state index in [4.69, 9.17) is 9.78 Å².